The van der Waals surface area contributed by atoms with E-state index < -0.39 is 48.1 Å². The molecule has 6 heteroatoms. The van der Waals surface area contributed by atoms with E-state index in [1.54, 1.807) is 0 Å². The monoisotopic (exact) mass is 734 g/mol. The Bertz CT molecular complexity index is 1570. The average Bonchev–Trinajstić information content (AvgIpc) is 3.01. The molecule has 0 heterocycles. The fourth-order valence-electron chi connectivity index (χ4n) is 6.14. The van der Waals surface area contributed by atoms with Crippen molar-refractivity contribution in [2.45, 2.75) is 78.6 Å². The van der Waals surface area contributed by atoms with Crippen LogP contribution in [0.4, 0.5) is 0 Å². The highest BCUT2D eigenvalue weighted by Crippen LogP contribution is 2.39. The van der Waals surface area contributed by atoms with Crippen molar-refractivity contribution in [2.24, 2.45) is 0 Å². The molecule has 0 aromatic heterocycles. The zero-order valence-corrected chi connectivity index (χ0v) is 37.2. The predicted octanol–water partition coefficient (Wildman–Crippen LogP) is 7.38. The van der Waals surface area contributed by atoms with Gasteiger partial charge in [0.05, 0.1) is 32.3 Å². The van der Waals surface area contributed by atoms with Gasteiger partial charge in [0.1, 0.15) is 0 Å². The molecule has 5 aromatic carbocycles. The van der Waals surface area contributed by atoms with E-state index in [4.69, 9.17) is 0 Å². The highest BCUT2D eigenvalue weighted by molar-refractivity contribution is 7.85. The van der Waals surface area contributed by atoms with Crippen LogP contribution in [0.1, 0.15) is 0 Å². The van der Waals surface area contributed by atoms with Gasteiger partial charge in [-0.15, -0.1) is 0 Å². The van der Waals surface area contributed by atoms with Crippen LogP contribution in [0, 0.1) is 0 Å². The summed E-state index contributed by atoms with van der Waals surface area (Å²) in [5.41, 5.74) is 0. The third kappa shape index (κ3) is 8.57. The first-order valence-electron chi connectivity index (χ1n) is 17.5. The lowest BCUT2D eigenvalue weighted by Gasteiger charge is -2.29. The van der Waals surface area contributed by atoms with Gasteiger partial charge in [0.15, 0.2) is 0 Å². The largest absolute Gasteiger partial charge is 0.0775 e. The molecule has 0 saturated heterocycles. The second kappa shape index (κ2) is 14.2. The van der Waals surface area contributed by atoms with Crippen molar-refractivity contribution in [1.82, 2.24) is 0 Å². The minimum Gasteiger partial charge on any atom is -0.0656 e. The van der Waals surface area contributed by atoms with E-state index >= 15 is 0 Å². The van der Waals surface area contributed by atoms with Crippen LogP contribution in [0.2, 0.25) is 78.6 Å². The molecule has 0 radical (unpaired) electrons. The Morgan fingerprint density at radius 1 is 0.271 bits per heavy atom. The summed E-state index contributed by atoms with van der Waals surface area (Å²) in [6.07, 6.45) is 0. The summed E-state index contributed by atoms with van der Waals surface area (Å²) < 4.78 is 0. The highest BCUT2D eigenvalue weighted by Gasteiger charge is 2.28. The standard InChI is InChI=1S/C42H56P2Si4/c1-45(2,3)37-25-17-33(18-26-37)43(34-19-27-38(28-20-34)46(4,5)6)41-15-13-14-16-42(41)44(35-21-29-39(30-22-35)47(7,8)9)36-23-31-40(32-24-36)48(10,11)12/h13-32H,1-12H3. The number of rotatable bonds is 10. The molecule has 0 fully saturated rings. The summed E-state index contributed by atoms with van der Waals surface area (Å²) in [7, 11) is -7.17. The Hall–Kier alpha value is -2.17. The van der Waals surface area contributed by atoms with Crippen LogP contribution in [0.3, 0.4) is 0 Å². The summed E-state index contributed by atoms with van der Waals surface area (Å²) in [4.78, 5) is 0. The molecule has 0 nitrogen and oxygen atoms in total. The van der Waals surface area contributed by atoms with Crippen molar-refractivity contribution >= 4 is 101 Å². The van der Waals surface area contributed by atoms with Crippen molar-refractivity contribution in [2.75, 3.05) is 0 Å². The first-order chi connectivity index (χ1) is 22.3. The Morgan fingerprint density at radius 2 is 0.458 bits per heavy atom. The molecule has 0 spiro atoms. The Morgan fingerprint density at radius 3 is 0.625 bits per heavy atom. The van der Waals surface area contributed by atoms with Crippen LogP contribution in [-0.4, -0.2) is 32.3 Å². The predicted molar refractivity (Wildman–Crippen MR) is 236 cm³/mol. The third-order valence-corrected chi connectivity index (χ3v) is 22.8. The molecule has 0 unspecified atom stereocenters. The van der Waals surface area contributed by atoms with Crippen LogP contribution < -0.4 is 52.6 Å². The van der Waals surface area contributed by atoms with E-state index in [2.05, 4.69) is 200 Å². The van der Waals surface area contributed by atoms with Gasteiger partial charge in [0.2, 0.25) is 0 Å². The quantitative estimate of drug-likeness (QED) is 0.104. The van der Waals surface area contributed by atoms with Gasteiger partial charge in [-0.2, -0.15) is 0 Å². The molecule has 48 heavy (non-hydrogen) atoms. The van der Waals surface area contributed by atoms with Gasteiger partial charge in [-0.25, -0.2) is 0 Å². The van der Waals surface area contributed by atoms with Crippen molar-refractivity contribution in [3.05, 3.63) is 121 Å². The van der Waals surface area contributed by atoms with Crippen LogP contribution in [0.15, 0.2) is 121 Å². The van der Waals surface area contributed by atoms with Gasteiger partial charge in [-0.1, -0.05) is 221 Å². The lowest BCUT2D eigenvalue weighted by Crippen LogP contribution is -2.40. The summed E-state index contributed by atoms with van der Waals surface area (Å²) in [5.74, 6) is 0. The lowest BCUT2D eigenvalue weighted by atomic mass is 10.3. The number of benzene rings is 5. The summed E-state index contributed by atoms with van der Waals surface area (Å²) >= 11 is 0. The highest BCUT2D eigenvalue weighted by atomic mass is 31.1. The first-order valence-corrected chi connectivity index (χ1v) is 34.1. The normalized spacial score (nSPS) is 13.0. The maximum atomic E-state index is 2.45. The minimum absolute atomic E-state index is 0.765. The zero-order valence-electron chi connectivity index (χ0n) is 31.4. The molecular weight excluding hydrogens is 679 g/mol. The Balaban J connectivity index is 1.74. The van der Waals surface area contributed by atoms with Crippen LogP contribution in [0.5, 0.6) is 0 Å². The first kappa shape index (κ1) is 37.1. The topological polar surface area (TPSA) is 0 Å². The molecule has 0 N–H and O–H groups in total. The number of hydrogen-bond acceptors (Lipinski definition) is 0. The molecule has 250 valence electrons. The molecule has 0 saturated carbocycles. The molecular formula is C42H56P2Si4. The van der Waals surface area contributed by atoms with Crippen LogP contribution >= 0.6 is 15.8 Å². The fourth-order valence-corrected chi connectivity index (χ4v) is 16.0. The number of hydrogen-bond donors (Lipinski definition) is 0. The van der Waals surface area contributed by atoms with E-state index in [9.17, 15) is 0 Å². The summed E-state index contributed by atoms with van der Waals surface area (Å²) in [5, 5.41) is 14.8. The average molecular weight is 735 g/mol. The van der Waals surface area contributed by atoms with Crippen molar-refractivity contribution in [1.29, 1.82) is 0 Å². The SMILES string of the molecule is C[Si](C)(C)c1ccc(P(c2ccc([Si](C)(C)C)cc2)c2ccccc2P(c2ccc([Si](C)(C)C)cc2)c2ccc([Si](C)(C)C)cc2)cc1. The molecule has 0 aliphatic carbocycles. The van der Waals surface area contributed by atoms with Crippen molar-refractivity contribution in [3.63, 3.8) is 0 Å². The third-order valence-electron chi connectivity index (χ3n) is 9.33. The molecule has 0 aliphatic heterocycles. The molecule has 5 rings (SSSR count). The maximum Gasteiger partial charge on any atom is 0.0775 e. The van der Waals surface area contributed by atoms with E-state index in [1.165, 1.54) is 52.6 Å². The van der Waals surface area contributed by atoms with Gasteiger partial charge < -0.3 is 0 Å². The van der Waals surface area contributed by atoms with Gasteiger partial charge in [-0.05, 0) is 47.7 Å². The fraction of sp³-hybridized carbons (Fsp3) is 0.286. The summed E-state index contributed by atoms with van der Waals surface area (Å²) in [6, 6.07) is 48.5. The van der Waals surface area contributed by atoms with Gasteiger partial charge in [0.25, 0.3) is 0 Å². The zero-order chi connectivity index (χ0) is 35.1. The Kier molecular flexibility index (Phi) is 11.0. The van der Waals surface area contributed by atoms with E-state index in [-0.39, 0.29) is 0 Å². The van der Waals surface area contributed by atoms with Gasteiger partial charge in [0, 0.05) is 0 Å². The van der Waals surface area contributed by atoms with Crippen molar-refractivity contribution in [3.8, 4) is 0 Å². The minimum atomic E-state index is -1.41. The summed E-state index contributed by atoms with van der Waals surface area (Å²) in [6.45, 7) is 29.4. The smallest absolute Gasteiger partial charge is 0.0656 e. The molecule has 0 aliphatic rings. The molecule has 0 atom stereocenters. The van der Waals surface area contributed by atoms with Crippen LogP contribution in [0.25, 0.3) is 0 Å². The lowest BCUT2D eigenvalue weighted by molar-refractivity contribution is 1.69. The van der Waals surface area contributed by atoms with Gasteiger partial charge >= 0.3 is 0 Å². The molecule has 0 amide bonds. The second-order valence-electron chi connectivity index (χ2n) is 17.3. The maximum absolute atomic E-state index is 2.45. The van der Waals surface area contributed by atoms with Crippen LogP contribution in [-0.2, 0) is 0 Å². The van der Waals surface area contributed by atoms with Gasteiger partial charge in [-0.3, -0.25) is 0 Å². The van der Waals surface area contributed by atoms with E-state index in [1.807, 2.05) is 0 Å². The second-order valence-corrected chi connectivity index (χ2v) is 42.0. The van der Waals surface area contributed by atoms with E-state index in [0.717, 1.165) is 0 Å². The molecule has 0 bridgehead atoms. The van der Waals surface area contributed by atoms with Crippen molar-refractivity contribution < 1.29 is 0 Å². The Labute approximate surface area is 299 Å². The molecule has 5 aromatic rings. The van der Waals surface area contributed by atoms with E-state index in [0.29, 0.717) is 0 Å².